The number of amides is 1. The molecule has 0 aliphatic carbocycles. The van der Waals surface area contributed by atoms with Crippen LogP contribution in [0.5, 0.6) is 23.0 Å². The number of anilines is 1. The molecule has 17 heteroatoms. The number of nitrogens with one attached hydrogen (secondary N) is 1. The molecule has 3 aromatic rings. The van der Waals surface area contributed by atoms with Crippen LogP contribution in [0.3, 0.4) is 0 Å². The average Bonchev–Trinajstić information content (AvgIpc) is 3.02. The van der Waals surface area contributed by atoms with Gasteiger partial charge in [0.1, 0.15) is 0 Å². The van der Waals surface area contributed by atoms with Gasteiger partial charge in [0.15, 0.2) is 23.0 Å². The molecule has 3 aromatic carbocycles. The predicted molar refractivity (Wildman–Crippen MR) is 156 cm³/mol. The first-order valence-corrected chi connectivity index (χ1v) is 13.2. The van der Waals surface area contributed by atoms with Crippen molar-refractivity contribution in [3.8, 4) is 23.0 Å². The van der Waals surface area contributed by atoms with E-state index in [1.807, 2.05) is 0 Å². The number of nitrogens with zero attached hydrogens (tertiary/aromatic N) is 1. The second kappa shape index (κ2) is 15.5. The van der Waals surface area contributed by atoms with Gasteiger partial charge in [-0.15, -0.1) is 0 Å². The van der Waals surface area contributed by atoms with Crippen LogP contribution in [0, 0.1) is 10.1 Å². The summed E-state index contributed by atoms with van der Waals surface area (Å²) in [5.74, 6) is -7.59. The Hall–Kier alpha value is -6.52. The number of benzene rings is 3. The van der Waals surface area contributed by atoms with Gasteiger partial charge in [0.05, 0.1) is 30.3 Å². The van der Waals surface area contributed by atoms with Gasteiger partial charge < -0.3 is 38.8 Å². The third kappa shape index (κ3) is 9.24. The number of nitro benzene ring substituents is 1. The SMILES string of the molecule is COc1cc(C(=O)O[C@H](C(=O)O)[C@H](OC(=O)c2ccc(OC(C)=O)c(OC)c2)C(=O)Nc2cccc([N+](=O)[O-])c2)ccc1OC(C)=O. The zero-order valence-corrected chi connectivity index (χ0v) is 25.0. The van der Waals surface area contributed by atoms with E-state index in [9.17, 15) is 44.0 Å². The maximum atomic E-state index is 13.4. The van der Waals surface area contributed by atoms with Crippen LogP contribution in [0.4, 0.5) is 11.4 Å². The molecule has 0 spiro atoms. The van der Waals surface area contributed by atoms with E-state index >= 15 is 0 Å². The molecule has 0 saturated heterocycles. The van der Waals surface area contributed by atoms with Crippen molar-refractivity contribution in [2.75, 3.05) is 19.5 Å². The predicted octanol–water partition coefficient (Wildman–Crippen LogP) is 2.94. The first-order valence-electron chi connectivity index (χ1n) is 13.2. The Kier molecular flexibility index (Phi) is 11.5. The number of rotatable bonds is 13. The van der Waals surface area contributed by atoms with E-state index in [1.165, 1.54) is 38.5 Å². The van der Waals surface area contributed by atoms with Gasteiger partial charge in [-0.2, -0.15) is 0 Å². The van der Waals surface area contributed by atoms with Crippen LogP contribution < -0.4 is 24.3 Å². The Balaban J connectivity index is 2.00. The van der Waals surface area contributed by atoms with Crippen LogP contribution in [0.15, 0.2) is 60.7 Å². The van der Waals surface area contributed by atoms with Crippen LogP contribution in [-0.4, -0.2) is 72.2 Å². The maximum Gasteiger partial charge on any atom is 0.349 e. The molecule has 2 atom stereocenters. The molecule has 0 radical (unpaired) electrons. The van der Waals surface area contributed by atoms with Gasteiger partial charge in [-0.1, -0.05) is 6.07 Å². The van der Waals surface area contributed by atoms with Gasteiger partial charge in [-0.3, -0.25) is 24.5 Å². The minimum Gasteiger partial charge on any atom is -0.493 e. The molecule has 3 rings (SSSR count). The normalized spacial score (nSPS) is 11.6. The monoisotopic (exact) mass is 654 g/mol. The zero-order chi connectivity index (χ0) is 34.8. The summed E-state index contributed by atoms with van der Waals surface area (Å²) in [4.78, 5) is 85.3. The van der Waals surface area contributed by atoms with Crippen LogP contribution in [0.25, 0.3) is 0 Å². The molecule has 17 nitrogen and oxygen atoms in total. The maximum absolute atomic E-state index is 13.4. The Morgan fingerprint density at radius 2 is 1.21 bits per heavy atom. The van der Waals surface area contributed by atoms with E-state index in [-0.39, 0.29) is 39.8 Å². The number of nitro groups is 1. The van der Waals surface area contributed by atoms with Crippen molar-refractivity contribution in [2.24, 2.45) is 0 Å². The van der Waals surface area contributed by atoms with Gasteiger partial charge in [-0.25, -0.2) is 14.4 Å². The van der Waals surface area contributed by atoms with Crippen molar-refractivity contribution in [1.29, 1.82) is 0 Å². The first kappa shape index (κ1) is 35.0. The summed E-state index contributed by atoms with van der Waals surface area (Å²) in [6.45, 7) is 2.26. The molecule has 0 aromatic heterocycles. The number of hydrogen-bond acceptors (Lipinski definition) is 14. The lowest BCUT2D eigenvalue weighted by Crippen LogP contribution is -2.48. The fourth-order valence-corrected chi connectivity index (χ4v) is 3.84. The van der Waals surface area contributed by atoms with Gasteiger partial charge >= 0.3 is 29.8 Å². The highest BCUT2D eigenvalue weighted by Gasteiger charge is 2.41. The summed E-state index contributed by atoms with van der Waals surface area (Å²) in [6.07, 6.45) is -4.86. The summed E-state index contributed by atoms with van der Waals surface area (Å²) in [5, 5.41) is 23.4. The number of hydrogen-bond donors (Lipinski definition) is 2. The Morgan fingerprint density at radius 3 is 1.64 bits per heavy atom. The Bertz CT molecular complexity index is 1740. The van der Waals surface area contributed by atoms with Crippen LogP contribution >= 0.6 is 0 Å². The molecule has 246 valence electrons. The Labute approximate surface area is 265 Å². The molecule has 0 heterocycles. The largest absolute Gasteiger partial charge is 0.493 e. The number of carboxylic acids is 1. The summed E-state index contributed by atoms with van der Waals surface area (Å²) in [6, 6.07) is 11.3. The molecule has 47 heavy (non-hydrogen) atoms. The van der Waals surface area contributed by atoms with Crippen LogP contribution in [-0.2, 0) is 28.7 Å². The highest BCUT2D eigenvalue weighted by atomic mass is 16.6. The van der Waals surface area contributed by atoms with Crippen molar-refractivity contribution in [2.45, 2.75) is 26.1 Å². The van der Waals surface area contributed by atoms with E-state index in [4.69, 9.17) is 28.4 Å². The van der Waals surface area contributed by atoms with Gasteiger partial charge in [0.25, 0.3) is 11.6 Å². The molecule has 0 unspecified atom stereocenters. The lowest BCUT2D eigenvalue weighted by atomic mass is 10.1. The summed E-state index contributed by atoms with van der Waals surface area (Å²) in [7, 11) is 2.42. The zero-order valence-electron chi connectivity index (χ0n) is 25.0. The van der Waals surface area contributed by atoms with E-state index < -0.39 is 58.6 Å². The average molecular weight is 655 g/mol. The minimum atomic E-state index is -2.48. The fourth-order valence-electron chi connectivity index (χ4n) is 3.84. The Morgan fingerprint density at radius 1 is 0.723 bits per heavy atom. The molecule has 0 aliphatic rings. The molecule has 0 aliphatic heterocycles. The molecule has 0 fully saturated rings. The second-order valence-corrected chi connectivity index (χ2v) is 9.21. The number of ether oxygens (including phenoxy) is 6. The number of carbonyl (C=O) groups excluding carboxylic acids is 5. The second-order valence-electron chi connectivity index (χ2n) is 9.21. The smallest absolute Gasteiger partial charge is 0.349 e. The number of non-ortho nitro benzene ring substituents is 1. The van der Waals surface area contributed by atoms with Crippen molar-refractivity contribution < 1.29 is 67.2 Å². The van der Waals surface area contributed by atoms with Crippen molar-refractivity contribution in [3.05, 3.63) is 81.9 Å². The number of carbonyl (C=O) groups is 6. The number of carboxylic acid groups (broad SMARTS) is 1. The molecular weight excluding hydrogens is 628 g/mol. The minimum absolute atomic E-state index is 0.0652. The topological polar surface area (TPSA) is 233 Å². The van der Waals surface area contributed by atoms with E-state index in [1.54, 1.807) is 0 Å². The number of aliphatic carboxylic acids is 1. The molecule has 2 N–H and O–H groups in total. The van der Waals surface area contributed by atoms with Crippen molar-refractivity contribution in [1.82, 2.24) is 0 Å². The van der Waals surface area contributed by atoms with Gasteiger partial charge in [0.2, 0.25) is 12.2 Å². The van der Waals surface area contributed by atoms with Gasteiger partial charge in [-0.05, 0) is 42.5 Å². The highest BCUT2D eigenvalue weighted by Crippen LogP contribution is 2.30. The third-order valence-corrected chi connectivity index (χ3v) is 5.88. The molecule has 0 saturated carbocycles. The standard InChI is InChI=1S/C30H26N2O15/c1-15(33)44-21-10-8-17(12-23(21)42-3)29(38)46-25(27(35)31-19-6-5-7-20(14-19)32(40)41)26(28(36)37)47-30(39)18-9-11-22(45-16(2)34)24(13-18)43-4/h5-14,25-26H,1-4H3,(H,31,35)(H,36,37)/t25-,26-/m0/s1. The highest BCUT2D eigenvalue weighted by molar-refractivity contribution is 6.02. The van der Waals surface area contributed by atoms with E-state index in [0.29, 0.717) is 0 Å². The summed E-state index contributed by atoms with van der Waals surface area (Å²) < 4.78 is 30.5. The van der Waals surface area contributed by atoms with E-state index in [2.05, 4.69) is 5.32 Å². The van der Waals surface area contributed by atoms with Crippen molar-refractivity contribution in [3.63, 3.8) is 0 Å². The third-order valence-electron chi connectivity index (χ3n) is 5.88. The van der Waals surface area contributed by atoms with Gasteiger partial charge in [0, 0.05) is 31.7 Å². The van der Waals surface area contributed by atoms with Crippen molar-refractivity contribution >= 4 is 47.1 Å². The number of methoxy groups -OCH3 is 2. The van der Waals surface area contributed by atoms with E-state index in [0.717, 1.165) is 50.2 Å². The molecule has 1 amide bonds. The summed E-state index contributed by atoms with van der Waals surface area (Å²) in [5.41, 5.74) is -1.21. The lowest BCUT2D eigenvalue weighted by Gasteiger charge is -2.24. The summed E-state index contributed by atoms with van der Waals surface area (Å²) >= 11 is 0. The molecule has 0 bridgehead atoms. The lowest BCUT2D eigenvalue weighted by molar-refractivity contribution is -0.384. The first-order chi connectivity index (χ1) is 22.2. The quantitative estimate of drug-likeness (QED) is 0.117. The fraction of sp³-hybridized carbons (Fsp3) is 0.200. The molecular formula is C30H26N2O15. The number of esters is 4. The van der Waals surface area contributed by atoms with Crippen LogP contribution in [0.1, 0.15) is 34.6 Å². The van der Waals surface area contributed by atoms with Crippen LogP contribution in [0.2, 0.25) is 0 Å².